The number of aromatic nitrogens is 1. The van der Waals surface area contributed by atoms with Gasteiger partial charge in [-0.1, -0.05) is 11.6 Å². The van der Waals surface area contributed by atoms with Crippen molar-refractivity contribution in [3.63, 3.8) is 0 Å². The predicted molar refractivity (Wildman–Crippen MR) is 89.6 cm³/mol. The average molecular weight is 350 g/mol. The maximum absolute atomic E-state index is 12.5. The number of hydrogen-bond acceptors (Lipinski definition) is 4. The number of carbonyl (C=O) groups is 1. The normalized spacial score (nSPS) is 15.4. The Hall–Kier alpha value is -2.47. The molecule has 24 heavy (non-hydrogen) atoms. The molecule has 0 saturated carbocycles. The minimum atomic E-state index is -1.28. The summed E-state index contributed by atoms with van der Waals surface area (Å²) in [6.45, 7) is 1.93. The molecule has 7 heteroatoms. The first-order chi connectivity index (χ1) is 11.4. The Morgan fingerprint density at radius 1 is 1.33 bits per heavy atom. The predicted octanol–water partition coefficient (Wildman–Crippen LogP) is 3.00. The van der Waals surface area contributed by atoms with Crippen LogP contribution < -0.4 is 14.9 Å². The van der Waals surface area contributed by atoms with Gasteiger partial charge in [0.25, 0.3) is 0 Å². The molecule has 126 valence electrons. The van der Waals surface area contributed by atoms with E-state index in [4.69, 9.17) is 21.1 Å². The van der Waals surface area contributed by atoms with Crippen LogP contribution in [0.2, 0.25) is 5.02 Å². The lowest BCUT2D eigenvalue weighted by molar-refractivity contribution is 0.0694. The largest absolute Gasteiger partial charge is 0.495 e. The third-order valence-electron chi connectivity index (χ3n) is 4.28. The highest BCUT2D eigenvalue weighted by molar-refractivity contribution is 6.33. The van der Waals surface area contributed by atoms with Crippen LogP contribution >= 0.6 is 11.6 Å². The maximum Gasteiger partial charge on any atom is 0.341 e. The smallest absolute Gasteiger partial charge is 0.341 e. The van der Waals surface area contributed by atoms with E-state index in [-0.39, 0.29) is 17.4 Å². The van der Waals surface area contributed by atoms with Crippen molar-refractivity contribution in [2.24, 2.45) is 0 Å². The summed E-state index contributed by atoms with van der Waals surface area (Å²) in [4.78, 5) is 23.8. The van der Waals surface area contributed by atoms with Gasteiger partial charge in [-0.15, -0.1) is 0 Å². The molecule has 6 nitrogen and oxygen atoms in total. The lowest BCUT2D eigenvalue weighted by atomic mass is 9.92. The summed E-state index contributed by atoms with van der Waals surface area (Å²) in [5.41, 5.74) is 1.16. The molecule has 1 aliphatic rings. The van der Waals surface area contributed by atoms with Gasteiger partial charge >= 0.3 is 5.97 Å². The number of benzene rings is 1. The van der Waals surface area contributed by atoms with Crippen molar-refractivity contribution in [1.82, 2.24) is 4.57 Å². The number of halogens is 1. The van der Waals surface area contributed by atoms with Crippen molar-refractivity contribution in [3.8, 4) is 22.8 Å². The molecule has 0 spiro atoms. The van der Waals surface area contributed by atoms with Gasteiger partial charge < -0.3 is 19.1 Å². The number of nitrogens with zero attached hydrogens (tertiary/aromatic N) is 1. The first kappa shape index (κ1) is 16.4. The van der Waals surface area contributed by atoms with E-state index in [1.807, 2.05) is 6.92 Å². The topological polar surface area (TPSA) is 77.8 Å². The van der Waals surface area contributed by atoms with Gasteiger partial charge in [0.1, 0.15) is 11.3 Å². The Bertz CT molecular complexity index is 903. The maximum atomic E-state index is 12.5. The molecule has 0 fully saturated rings. The van der Waals surface area contributed by atoms with Crippen LogP contribution in [-0.4, -0.2) is 29.9 Å². The fourth-order valence-corrected chi connectivity index (χ4v) is 3.45. The summed E-state index contributed by atoms with van der Waals surface area (Å²) in [7, 11) is 2.89. The molecule has 1 aromatic heterocycles. The van der Waals surface area contributed by atoms with Gasteiger partial charge in [0.2, 0.25) is 5.43 Å². The summed E-state index contributed by atoms with van der Waals surface area (Å²) in [6.07, 6.45) is 1.96. The summed E-state index contributed by atoms with van der Waals surface area (Å²) < 4.78 is 12.3. The zero-order valence-corrected chi connectivity index (χ0v) is 14.2. The van der Waals surface area contributed by atoms with E-state index >= 15 is 0 Å². The monoisotopic (exact) mass is 349 g/mol. The molecule has 0 bridgehead atoms. The number of methoxy groups -OCH3 is 2. The van der Waals surface area contributed by atoms with E-state index in [9.17, 15) is 14.7 Å². The first-order valence-corrected chi connectivity index (χ1v) is 7.70. The number of ether oxygens (including phenoxy) is 2. The van der Waals surface area contributed by atoms with Crippen LogP contribution in [0.5, 0.6) is 11.5 Å². The molecule has 0 saturated heterocycles. The molecule has 1 aliphatic heterocycles. The fourth-order valence-electron chi connectivity index (χ4n) is 3.13. The quantitative estimate of drug-likeness (QED) is 0.921. The Morgan fingerprint density at radius 3 is 2.62 bits per heavy atom. The van der Waals surface area contributed by atoms with Gasteiger partial charge in [0.15, 0.2) is 5.75 Å². The molecular formula is C17H16ClNO5. The molecule has 3 rings (SSSR count). The van der Waals surface area contributed by atoms with E-state index in [1.54, 1.807) is 16.7 Å². The second kappa shape index (κ2) is 5.87. The van der Waals surface area contributed by atoms with E-state index in [1.165, 1.54) is 20.4 Å². The lowest BCUT2D eigenvalue weighted by Gasteiger charge is -2.30. The highest BCUT2D eigenvalue weighted by Crippen LogP contribution is 2.44. The number of hydrogen-bond donors (Lipinski definition) is 1. The van der Waals surface area contributed by atoms with Gasteiger partial charge in [-0.3, -0.25) is 4.79 Å². The van der Waals surface area contributed by atoms with Crippen molar-refractivity contribution < 1.29 is 19.4 Å². The van der Waals surface area contributed by atoms with Crippen molar-refractivity contribution in [2.75, 3.05) is 14.2 Å². The van der Waals surface area contributed by atoms with Gasteiger partial charge in [0, 0.05) is 17.8 Å². The van der Waals surface area contributed by atoms with E-state index < -0.39 is 11.4 Å². The molecule has 1 unspecified atom stereocenters. The SMILES string of the molecule is COc1ccc2c(c1Cl)CC(C)n1cc(C(=O)O)c(=O)c(OC)c1-2. The molecule has 0 aliphatic carbocycles. The fraction of sp³-hybridized carbons (Fsp3) is 0.294. The number of pyridine rings is 1. The molecule has 2 heterocycles. The van der Waals surface area contributed by atoms with E-state index in [0.29, 0.717) is 22.9 Å². The molecule has 1 N–H and O–H groups in total. The van der Waals surface area contributed by atoms with Gasteiger partial charge in [-0.05, 0) is 31.0 Å². The van der Waals surface area contributed by atoms with Crippen molar-refractivity contribution in [3.05, 3.63) is 44.7 Å². The van der Waals surface area contributed by atoms with Crippen LogP contribution in [0.15, 0.2) is 23.1 Å². The van der Waals surface area contributed by atoms with E-state index in [2.05, 4.69) is 0 Å². The molecule has 2 aromatic rings. The van der Waals surface area contributed by atoms with Crippen LogP contribution in [0.25, 0.3) is 11.3 Å². The highest BCUT2D eigenvalue weighted by Gasteiger charge is 2.30. The molecular weight excluding hydrogens is 334 g/mol. The first-order valence-electron chi connectivity index (χ1n) is 7.32. The number of rotatable bonds is 3. The summed E-state index contributed by atoms with van der Waals surface area (Å²) >= 11 is 6.43. The third kappa shape index (κ3) is 2.26. The Balaban J connectivity index is 2.40. The number of aromatic carboxylic acids is 1. The minimum Gasteiger partial charge on any atom is -0.495 e. The second-order valence-corrected chi connectivity index (χ2v) is 6.01. The van der Waals surface area contributed by atoms with Crippen LogP contribution in [0, 0.1) is 0 Å². The third-order valence-corrected chi connectivity index (χ3v) is 4.70. The number of carboxylic acid groups (broad SMARTS) is 1. The standard InChI is InChI=1S/C17H16ClNO5/c1-8-6-10-9(4-5-12(23-2)13(10)18)14-16(24-3)15(20)11(17(21)22)7-19(8)14/h4-5,7-8H,6H2,1-3H3,(H,21,22). The minimum absolute atomic E-state index is 0.00364. The summed E-state index contributed by atoms with van der Waals surface area (Å²) in [6, 6.07) is 3.43. The zero-order valence-electron chi connectivity index (χ0n) is 13.4. The Kier molecular flexibility index (Phi) is 4.01. The molecule has 0 amide bonds. The Morgan fingerprint density at radius 2 is 2.04 bits per heavy atom. The van der Waals surface area contributed by atoms with Crippen LogP contribution in [0.4, 0.5) is 0 Å². The number of carboxylic acids is 1. The van der Waals surface area contributed by atoms with E-state index in [0.717, 1.165) is 11.1 Å². The Labute approximate surface area is 143 Å². The van der Waals surface area contributed by atoms with Gasteiger partial charge in [-0.2, -0.15) is 0 Å². The van der Waals surface area contributed by atoms with Crippen LogP contribution in [0.1, 0.15) is 28.9 Å². The average Bonchev–Trinajstić information content (AvgIpc) is 2.55. The van der Waals surface area contributed by atoms with Gasteiger partial charge in [0.05, 0.1) is 24.9 Å². The van der Waals surface area contributed by atoms with Crippen molar-refractivity contribution in [1.29, 1.82) is 0 Å². The van der Waals surface area contributed by atoms with Gasteiger partial charge in [-0.25, -0.2) is 4.79 Å². The summed E-state index contributed by atoms with van der Waals surface area (Å²) in [5, 5.41) is 9.77. The van der Waals surface area contributed by atoms with Crippen molar-refractivity contribution in [2.45, 2.75) is 19.4 Å². The van der Waals surface area contributed by atoms with Crippen LogP contribution in [0.3, 0.4) is 0 Å². The number of fused-ring (bicyclic) bond motifs is 3. The van der Waals surface area contributed by atoms with Crippen molar-refractivity contribution >= 4 is 17.6 Å². The lowest BCUT2D eigenvalue weighted by Crippen LogP contribution is -2.26. The molecule has 0 radical (unpaired) electrons. The zero-order chi connectivity index (χ0) is 17.6. The second-order valence-electron chi connectivity index (χ2n) is 5.63. The summed E-state index contributed by atoms with van der Waals surface area (Å²) in [5.74, 6) is -0.720. The van der Waals surface area contributed by atoms with Crippen LogP contribution in [-0.2, 0) is 6.42 Å². The molecule has 1 atom stereocenters. The molecule has 1 aromatic carbocycles. The highest BCUT2D eigenvalue weighted by atomic mass is 35.5.